The number of aromatic amines is 1. The minimum absolute atomic E-state index is 0.0792. The Kier molecular flexibility index (Phi) is 5.00. The zero-order valence-corrected chi connectivity index (χ0v) is 15.2. The molecule has 0 aliphatic carbocycles. The van der Waals surface area contributed by atoms with Crippen LogP contribution in [0.1, 0.15) is 22.2 Å². The van der Waals surface area contributed by atoms with Crippen LogP contribution in [-0.2, 0) is 4.79 Å². The lowest BCUT2D eigenvalue weighted by atomic mass is 10.1. The van der Waals surface area contributed by atoms with E-state index < -0.39 is 0 Å². The average molecular weight is 373 g/mol. The SMILES string of the molecule is CC(=O)Nc1ccc(C(=O)CSc2nc3sc(C)cc3c(=O)[nH]2)cc1. The third-order valence-corrected chi connectivity index (χ3v) is 5.19. The van der Waals surface area contributed by atoms with Crippen molar-refractivity contribution < 1.29 is 9.59 Å². The molecule has 0 saturated heterocycles. The Balaban J connectivity index is 1.69. The number of nitrogens with zero attached hydrogens (tertiary/aromatic N) is 1. The van der Waals surface area contributed by atoms with Crippen molar-refractivity contribution >= 4 is 50.7 Å². The number of anilines is 1. The van der Waals surface area contributed by atoms with Crippen molar-refractivity contribution in [1.82, 2.24) is 9.97 Å². The van der Waals surface area contributed by atoms with E-state index in [2.05, 4.69) is 15.3 Å². The Labute approximate surface area is 151 Å². The second-order valence-electron chi connectivity index (χ2n) is 5.42. The number of nitrogens with one attached hydrogen (secondary N) is 2. The van der Waals surface area contributed by atoms with Crippen molar-refractivity contribution in [2.45, 2.75) is 19.0 Å². The van der Waals surface area contributed by atoms with Gasteiger partial charge in [0.15, 0.2) is 10.9 Å². The van der Waals surface area contributed by atoms with Gasteiger partial charge in [-0.2, -0.15) is 0 Å². The molecular formula is C17H15N3O3S2. The van der Waals surface area contributed by atoms with Gasteiger partial charge in [-0.3, -0.25) is 14.4 Å². The molecule has 1 aromatic carbocycles. The highest BCUT2D eigenvalue weighted by Gasteiger charge is 2.11. The molecule has 0 unspecified atom stereocenters. The van der Waals surface area contributed by atoms with Gasteiger partial charge in [0.25, 0.3) is 5.56 Å². The molecule has 0 aliphatic heterocycles. The number of thiophene rings is 1. The highest BCUT2D eigenvalue weighted by molar-refractivity contribution is 7.99. The second kappa shape index (κ2) is 7.20. The quantitative estimate of drug-likeness (QED) is 0.407. The van der Waals surface area contributed by atoms with E-state index in [1.165, 1.54) is 30.0 Å². The van der Waals surface area contributed by atoms with E-state index >= 15 is 0 Å². The molecule has 2 aromatic heterocycles. The first-order valence-corrected chi connectivity index (χ1v) is 9.26. The van der Waals surface area contributed by atoms with Crippen LogP contribution in [0.5, 0.6) is 0 Å². The van der Waals surface area contributed by atoms with Crippen molar-refractivity contribution in [1.29, 1.82) is 0 Å². The van der Waals surface area contributed by atoms with Gasteiger partial charge in [0, 0.05) is 23.1 Å². The van der Waals surface area contributed by atoms with E-state index in [9.17, 15) is 14.4 Å². The van der Waals surface area contributed by atoms with Crippen molar-refractivity contribution in [2.24, 2.45) is 0 Å². The Hall–Kier alpha value is -2.45. The Morgan fingerprint density at radius 2 is 2.00 bits per heavy atom. The van der Waals surface area contributed by atoms with Crippen LogP contribution in [0, 0.1) is 6.92 Å². The Bertz CT molecular complexity index is 1010. The van der Waals surface area contributed by atoms with Gasteiger partial charge in [-0.1, -0.05) is 11.8 Å². The van der Waals surface area contributed by atoms with E-state index in [4.69, 9.17) is 0 Å². The number of H-pyrrole nitrogens is 1. The van der Waals surface area contributed by atoms with Crippen LogP contribution in [0.3, 0.4) is 0 Å². The summed E-state index contributed by atoms with van der Waals surface area (Å²) in [5, 5.41) is 3.66. The molecule has 0 fully saturated rings. The largest absolute Gasteiger partial charge is 0.326 e. The van der Waals surface area contributed by atoms with Crippen molar-refractivity contribution in [3.63, 3.8) is 0 Å². The van der Waals surface area contributed by atoms with Crippen molar-refractivity contribution in [3.8, 4) is 0 Å². The highest BCUT2D eigenvalue weighted by atomic mass is 32.2. The minimum atomic E-state index is -0.191. The van der Waals surface area contributed by atoms with Crippen LogP contribution >= 0.6 is 23.1 Å². The number of Topliss-reactive ketones (excluding diaryl/α,β-unsaturated/α-hetero) is 1. The van der Waals surface area contributed by atoms with Gasteiger partial charge < -0.3 is 10.3 Å². The van der Waals surface area contributed by atoms with Gasteiger partial charge >= 0.3 is 0 Å². The normalized spacial score (nSPS) is 10.8. The molecule has 6 nitrogen and oxygen atoms in total. The molecule has 2 N–H and O–H groups in total. The van der Waals surface area contributed by atoms with Crippen LogP contribution in [0.15, 0.2) is 40.3 Å². The predicted molar refractivity (Wildman–Crippen MR) is 101 cm³/mol. The molecule has 0 atom stereocenters. The summed E-state index contributed by atoms with van der Waals surface area (Å²) in [5.74, 6) is -0.0773. The summed E-state index contributed by atoms with van der Waals surface area (Å²) in [5.41, 5.74) is 0.988. The third kappa shape index (κ3) is 4.15. The fraction of sp³-hybridized carbons (Fsp3) is 0.176. The fourth-order valence-electron chi connectivity index (χ4n) is 2.26. The highest BCUT2D eigenvalue weighted by Crippen LogP contribution is 2.23. The minimum Gasteiger partial charge on any atom is -0.326 e. The zero-order valence-electron chi connectivity index (χ0n) is 13.6. The number of ketones is 1. The number of aryl methyl sites for hydroxylation is 1. The van der Waals surface area contributed by atoms with Crippen LogP contribution in [0.2, 0.25) is 0 Å². The predicted octanol–water partition coefficient (Wildman–Crippen LogP) is 3.23. The number of thioether (sulfide) groups is 1. The summed E-state index contributed by atoms with van der Waals surface area (Å²) in [6, 6.07) is 8.49. The van der Waals surface area contributed by atoms with E-state index in [0.717, 1.165) is 4.88 Å². The maximum absolute atomic E-state index is 12.3. The average Bonchev–Trinajstić information content (AvgIpc) is 2.94. The van der Waals surface area contributed by atoms with Gasteiger partial charge in [0.2, 0.25) is 5.91 Å². The van der Waals surface area contributed by atoms with Gasteiger partial charge in [-0.05, 0) is 37.3 Å². The molecule has 0 saturated carbocycles. The lowest BCUT2D eigenvalue weighted by molar-refractivity contribution is -0.114. The molecule has 0 spiro atoms. The lowest BCUT2D eigenvalue weighted by Crippen LogP contribution is -2.09. The topological polar surface area (TPSA) is 91.9 Å². The zero-order chi connectivity index (χ0) is 18.0. The number of amides is 1. The molecule has 1 amide bonds. The van der Waals surface area contributed by atoms with Gasteiger partial charge in [0.05, 0.1) is 11.1 Å². The van der Waals surface area contributed by atoms with Gasteiger partial charge in [-0.15, -0.1) is 11.3 Å². The summed E-state index contributed by atoms with van der Waals surface area (Å²) in [4.78, 5) is 44.1. The molecule has 8 heteroatoms. The Morgan fingerprint density at radius 1 is 1.28 bits per heavy atom. The molecule has 3 rings (SSSR count). The van der Waals surface area contributed by atoms with Crippen molar-refractivity contribution in [2.75, 3.05) is 11.1 Å². The van der Waals surface area contributed by atoms with Crippen LogP contribution < -0.4 is 10.9 Å². The molecule has 128 valence electrons. The standard InChI is InChI=1S/C17H15N3O3S2/c1-9-7-13-15(23)19-17(20-16(13)25-9)24-8-14(22)11-3-5-12(6-4-11)18-10(2)21/h3-7H,8H2,1-2H3,(H,18,21)(H,19,20,23). The van der Waals surface area contributed by atoms with E-state index in [1.807, 2.05) is 13.0 Å². The van der Waals surface area contributed by atoms with Crippen LogP contribution in [0.25, 0.3) is 10.2 Å². The molecule has 0 aliphatic rings. The molecular weight excluding hydrogens is 358 g/mol. The summed E-state index contributed by atoms with van der Waals surface area (Å²) < 4.78 is 0. The molecule has 25 heavy (non-hydrogen) atoms. The number of carbonyl (C=O) groups is 2. The van der Waals surface area contributed by atoms with E-state index in [1.54, 1.807) is 24.3 Å². The smallest absolute Gasteiger partial charge is 0.260 e. The van der Waals surface area contributed by atoms with Crippen molar-refractivity contribution in [3.05, 3.63) is 51.1 Å². The van der Waals surface area contributed by atoms with Crippen LogP contribution in [-0.4, -0.2) is 27.4 Å². The molecule has 2 heterocycles. The first-order valence-electron chi connectivity index (χ1n) is 7.46. The number of carbonyl (C=O) groups excluding carboxylic acids is 2. The summed E-state index contributed by atoms with van der Waals surface area (Å²) in [7, 11) is 0. The molecule has 3 aromatic rings. The molecule has 0 bridgehead atoms. The van der Waals surface area contributed by atoms with E-state index in [-0.39, 0.29) is 23.0 Å². The van der Waals surface area contributed by atoms with Crippen LogP contribution in [0.4, 0.5) is 5.69 Å². The number of benzene rings is 1. The summed E-state index contributed by atoms with van der Waals surface area (Å²) >= 11 is 2.65. The number of aromatic nitrogens is 2. The van der Waals surface area contributed by atoms with Gasteiger partial charge in [0.1, 0.15) is 4.83 Å². The maximum atomic E-state index is 12.3. The third-order valence-electron chi connectivity index (χ3n) is 3.37. The van der Waals surface area contributed by atoms with Gasteiger partial charge in [-0.25, -0.2) is 4.98 Å². The summed E-state index contributed by atoms with van der Waals surface area (Å²) in [6.45, 7) is 3.35. The monoisotopic (exact) mass is 373 g/mol. The number of hydrogen-bond donors (Lipinski definition) is 2. The van der Waals surface area contributed by atoms with E-state index in [0.29, 0.717) is 26.6 Å². The maximum Gasteiger partial charge on any atom is 0.260 e. The first kappa shape index (κ1) is 17.4. The number of rotatable bonds is 5. The number of hydrogen-bond acceptors (Lipinski definition) is 6. The lowest BCUT2D eigenvalue weighted by Gasteiger charge is -2.04. The summed E-state index contributed by atoms with van der Waals surface area (Å²) in [6.07, 6.45) is 0. The number of fused-ring (bicyclic) bond motifs is 1. The Morgan fingerprint density at radius 3 is 2.68 bits per heavy atom. The molecule has 0 radical (unpaired) electrons. The second-order valence-corrected chi connectivity index (χ2v) is 7.62. The first-order chi connectivity index (χ1) is 11.9. The fourth-order valence-corrected chi connectivity index (χ4v) is 3.95.